The number of anilines is 1. The van der Waals surface area contributed by atoms with Gasteiger partial charge in [0.25, 0.3) is 5.91 Å². The minimum absolute atomic E-state index is 0.0549. The van der Waals surface area contributed by atoms with E-state index in [0.717, 1.165) is 12.1 Å². The van der Waals surface area contributed by atoms with Crippen molar-refractivity contribution >= 4 is 11.6 Å². The molecule has 0 aliphatic carbocycles. The van der Waals surface area contributed by atoms with E-state index in [0.29, 0.717) is 0 Å². The van der Waals surface area contributed by atoms with Gasteiger partial charge in [-0.05, 0) is 25.1 Å². The lowest BCUT2D eigenvalue weighted by Gasteiger charge is -2.37. The number of hydrogen-bond acceptors (Lipinski definition) is 4. The number of nitriles is 1. The average Bonchev–Trinajstić information content (AvgIpc) is 2.52. The molecular weight excluding hydrogens is 311 g/mol. The minimum Gasteiger partial charge on any atom is -0.384 e. The molecule has 8 heteroatoms. The second-order valence-corrected chi connectivity index (χ2v) is 5.33. The molecule has 1 N–H and O–H groups in total. The molecular formula is C15H16F3N3O2. The van der Waals surface area contributed by atoms with Crippen LogP contribution < -0.4 is 4.90 Å². The normalized spacial score (nSPS) is 16.9. The van der Waals surface area contributed by atoms with Crippen LogP contribution in [0.5, 0.6) is 0 Å². The van der Waals surface area contributed by atoms with E-state index in [2.05, 4.69) is 0 Å². The van der Waals surface area contributed by atoms with E-state index in [-0.39, 0.29) is 37.4 Å². The third kappa shape index (κ3) is 3.74. The number of alkyl halides is 3. The largest absolute Gasteiger partial charge is 0.418 e. The van der Waals surface area contributed by atoms with E-state index in [4.69, 9.17) is 5.26 Å². The second kappa shape index (κ2) is 6.46. The van der Waals surface area contributed by atoms with Crippen LogP contribution in [0.15, 0.2) is 18.2 Å². The summed E-state index contributed by atoms with van der Waals surface area (Å²) in [5.41, 5.74) is -0.706. The van der Waals surface area contributed by atoms with Gasteiger partial charge in [-0.25, -0.2) is 0 Å². The highest BCUT2D eigenvalue weighted by atomic mass is 19.4. The van der Waals surface area contributed by atoms with E-state index in [1.165, 1.54) is 22.8 Å². The van der Waals surface area contributed by atoms with Crippen molar-refractivity contribution in [3.63, 3.8) is 0 Å². The maximum atomic E-state index is 13.1. The maximum absolute atomic E-state index is 13.1. The zero-order chi connectivity index (χ0) is 17.2. The Morgan fingerprint density at radius 1 is 1.30 bits per heavy atom. The van der Waals surface area contributed by atoms with Crippen LogP contribution in [-0.2, 0) is 11.0 Å². The predicted octanol–water partition coefficient (Wildman–Crippen LogP) is 1.61. The fraction of sp³-hybridized carbons (Fsp3) is 0.467. The van der Waals surface area contributed by atoms with Crippen LogP contribution in [-0.4, -0.2) is 48.2 Å². The molecule has 0 saturated carbocycles. The molecule has 2 rings (SSSR count). The van der Waals surface area contributed by atoms with Crippen LogP contribution in [0, 0.1) is 11.3 Å². The summed E-state index contributed by atoms with van der Waals surface area (Å²) in [7, 11) is 0. The second-order valence-electron chi connectivity index (χ2n) is 5.33. The quantitative estimate of drug-likeness (QED) is 0.896. The molecule has 1 aliphatic heterocycles. The number of nitrogens with zero attached hydrogens (tertiary/aromatic N) is 3. The Morgan fingerprint density at radius 3 is 2.39 bits per heavy atom. The van der Waals surface area contributed by atoms with Crippen molar-refractivity contribution in [3.8, 4) is 6.07 Å². The minimum atomic E-state index is -4.52. The smallest absolute Gasteiger partial charge is 0.384 e. The van der Waals surface area contributed by atoms with Gasteiger partial charge in [-0.3, -0.25) is 4.79 Å². The van der Waals surface area contributed by atoms with Crippen molar-refractivity contribution in [1.29, 1.82) is 5.26 Å². The Morgan fingerprint density at radius 2 is 1.91 bits per heavy atom. The molecule has 1 amide bonds. The van der Waals surface area contributed by atoms with Gasteiger partial charge in [-0.2, -0.15) is 18.4 Å². The predicted molar refractivity (Wildman–Crippen MR) is 76.6 cm³/mol. The number of aliphatic hydroxyl groups is 1. The molecule has 0 bridgehead atoms. The summed E-state index contributed by atoms with van der Waals surface area (Å²) in [6, 6.07) is 5.10. The van der Waals surface area contributed by atoms with Gasteiger partial charge >= 0.3 is 6.18 Å². The fourth-order valence-corrected chi connectivity index (χ4v) is 2.53. The lowest BCUT2D eigenvalue weighted by molar-refractivity contribution is -0.140. The molecule has 1 saturated heterocycles. The van der Waals surface area contributed by atoms with Crippen LogP contribution >= 0.6 is 0 Å². The molecule has 1 aliphatic rings. The number of rotatable bonds is 2. The highest BCUT2D eigenvalue weighted by molar-refractivity contribution is 5.80. The molecule has 1 aromatic carbocycles. The average molecular weight is 327 g/mol. The van der Waals surface area contributed by atoms with Gasteiger partial charge in [-0.15, -0.1) is 0 Å². The van der Waals surface area contributed by atoms with E-state index in [9.17, 15) is 23.1 Å². The van der Waals surface area contributed by atoms with E-state index >= 15 is 0 Å². The van der Waals surface area contributed by atoms with Crippen molar-refractivity contribution in [2.45, 2.75) is 19.2 Å². The Hall–Kier alpha value is -2.27. The molecule has 0 aromatic heterocycles. The first-order chi connectivity index (χ1) is 10.7. The third-order valence-electron chi connectivity index (χ3n) is 3.72. The van der Waals surface area contributed by atoms with E-state index < -0.39 is 23.8 Å². The Balaban J connectivity index is 2.23. The summed E-state index contributed by atoms with van der Waals surface area (Å²) >= 11 is 0. The van der Waals surface area contributed by atoms with Crippen molar-refractivity contribution in [2.75, 3.05) is 31.1 Å². The number of carbonyl (C=O) groups excluding carboxylic acids is 1. The number of halogens is 3. The number of aliphatic hydroxyl groups excluding tert-OH is 1. The molecule has 1 atom stereocenters. The zero-order valence-corrected chi connectivity index (χ0v) is 12.5. The SMILES string of the molecule is C[C@H](O)C(=O)N1CCN(c2cc(C#N)ccc2C(F)(F)F)CC1. The van der Waals surface area contributed by atoms with Crippen molar-refractivity contribution < 1.29 is 23.1 Å². The van der Waals surface area contributed by atoms with Crippen LogP contribution in [0.2, 0.25) is 0 Å². The maximum Gasteiger partial charge on any atom is 0.418 e. The summed E-state index contributed by atoms with van der Waals surface area (Å²) in [4.78, 5) is 14.6. The third-order valence-corrected chi connectivity index (χ3v) is 3.72. The molecule has 1 fully saturated rings. The number of benzene rings is 1. The van der Waals surface area contributed by atoms with Crippen LogP contribution in [0.1, 0.15) is 18.1 Å². The Kier molecular flexibility index (Phi) is 4.80. The van der Waals surface area contributed by atoms with Gasteiger partial charge in [0.05, 0.1) is 22.9 Å². The van der Waals surface area contributed by atoms with E-state index in [1.807, 2.05) is 6.07 Å². The van der Waals surface area contributed by atoms with Gasteiger partial charge in [-0.1, -0.05) is 0 Å². The standard InChI is InChI=1S/C15H16F3N3O2/c1-10(22)14(23)21-6-4-20(5-7-21)13-8-11(9-19)2-3-12(13)15(16,17)18/h2-3,8,10,22H,4-7H2,1H3/t10-/m0/s1. The number of hydrogen-bond donors (Lipinski definition) is 1. The van der Waals surface area contributed by atoms with E-state index in [1.54, 1.807) is 0 Å². The monoisotopic (exact) mass is 327 g/mol. The van der Waals surface area contributed by atoms with Crippen molar-refractivity contribution in [2.24, 2.45) is 0 Å². The number of amides is 1. The molecule has 5 nitrogen and oxygen atoms in total. The molecule has 0 radical (unpaired) electrons. The highest BCUT2D eigenvalue weighted by Gasteiger charge is 2.36. The molecule has 1 heterocycles. The van der Waals surface area contributed by atoms with Gasteiger partial charge in [0.1, 0.15) is 6.10 Å². The fourth-order valence-electron chi connectivity index (χ4n) is 2.53. The Labute approximate surface area is 131 Å². The van der Waals surface area contributed by atoms with Crippen molar-refractivity contribution in [3.05, 3.63) is 29.3 Å². The lowest BCUT2D eigenvalue weighted by atomic mass is 10.1. The van der Waals surface area contributed by atoms with Gasteiger partial charge in [0.2, 0.25) is 0 Å². The van der Waals surface area contributed by atoms with Gasteiger partial charge < -0.3 is 14.9 Å². The van der Waals surface area contributed by atoms with Gasteiger partial charge in [0.15, 0.2) is 0 Å². The van der Waals surface area contributed by atoms with Crippen molar-refractivity contribution in [1.82, 2.24) is 4.90 Å². The molecule has 0 unspecified atom stereocenters. The summed E-state index contributed by atoms with van der Waals surface area (Å²) in [5, 5.41) is 18.2. The number of piperazine rings is 1. The number of carbonyl (C=O) groups is 1. The summed E-state index contributed by atoms with van der Waals surface area (Å²) in [6.45, 7) is 2.20. The topological polar surface area (TPSA) is 67.6 Å². The highest BCUT2D eigenvalue weighted by Crippen LogP contribution is 2.37. The zero-order valence-electron chi connectivity index (χ0n) is 12.5. The first kappa shape index (κ1) is 17.1. The summed E-state index contributed by atoms with van der Waals surface area (Å²) < 4.78 is 39.4. The lowest BCUT2D eigenvalue weighted by Crippen LogP contribution is -2.51. The van der Waals surface area contributed by atoms with Crippen LogP contribution in [0.4, 0.5) is 18.9 Å². The first-order valence-corrected chi connectivity index (χ1v) is 7.07. The molecule has 23 heavy (non-hydrogen) atoms. The summed E-state index contributed by atoms with van der Waals surface area (Å²) in [6.07, 6.45) is -5.65. The van der Waals surface area contributed by atoms with Crippen LogP contribution in [0.3, 0.4) is 0 Å². The molecule has 1 aromatic rings. The Bertz CT molecular complexity index is 630. The molecule has 0 spiro atoms. The summed E-state index contributed by atoms with van der Waals surface area (Å²) in [5.74, 6) is -0.438. The molecule has 124 valence electrons. The first-order valence-electron chi connectivity index (χ1n) is 7.07. The van der Waals surface area contributed by atoms with Gasteiger partial charge in [0, 0.05) is 26.2 Å². The van der Waals surface area contributed by atoms with Crippen LogP contribution in [0.25, 0.3) is 0 Å².